The molecule has 0 bridgehead atoms. The summed E-state index contributed by atoms with van der Waals surface area (Å²) < 4.78 is 0. The maximum atomic E-state index is 9.20. The standard InChI is InChI=1S/C10H20O/c1-9(11)8-10-6-4-2-3-5-7-10/h9-11H,2-8H2,1H3/t9-/m0/s1. The van der Waals surface area contributed by atoms with E-state index in [1.807, 2.05) is 6.92 Å². The molecule has 1 fully saturated rings. The molecule has 0 aromatic heterocycles. The van der Waals surface area contributed by atoms with Gasteiger partial charge >= 0.3 is 0 Å². The molecule has 0 aromatic carbocycles. The van der Waals surface area contributed by atoms with Gasteiger partial charge in [-0.2, -0.15) is 0 Å². The Morgan fingerprint density at radius 2 is 1.73 bits per heavy atom. The molecule has 1 atom stereocenters. The van der Waals surface area contributed by atoms with Gasteiger partial charge in [-0.1, -0.05) is 38.5 Å². The van der Waals surface area contributed by atoms with Gasteiger partial charge in [0, 0.05) is 0 Å². The van der Waals surface area contributed by atoms with Crippen LogP contribution in [0.1, 0.15) is 51.9 Å². The number of aliphatic hydroxyl groups excluding tert-OH is 1. The van der Waals surface area contributed by atoms with Gasteiger partial charge in [0.1, 0.15) is 0 Å². The lowest BCUT2D eigenvalue weighted by molar-refractivity contribution is 0.155. The molecule has 1 rings (SSSR count). The first kappa shape index (κ1) is 9.05. The van der Waals surface area contributed by atoms with Crippen LogP contribution in [0.25, 0.3) is 0 Å². The zero-order chi connectivity index (χ0) is 8.10. The second-order valence-electron chi connectivity index (χ2n) is 3.94. The maximum absolute atomic E-state index is 9.20. The molecule has 1 aliphatic carbocycles. The van der Waals surface area contributed by atoms with Gasteiger partial charge in [-0.15, -0.1) is 0 Å². The minimum absolute atomic E-state index is 0.0851. The molecule has 0 aliphatic heterocycles. The quantitative estimate of drug-likeness (QED) is 0.609. The lowest BCUT2D eigenvalue weighted by atomic mass is 9.94. The van der Waals surface area contributed by atoms with Crippen LogP contribution in [0.15, 0.2) is 0 Å². The zero-order valence-electron chi connectivity index (χ0n) is 7.55. The van der Waals surface area contributed by atoms with Crippen molar-refractivity contribution in [2.45, 2.75) is 58.0 Å². The Balaban J connectivity index is 2.20. The molecule has 0 aromatic rings. The van der Waals surface area contributed by atoms with E-state index in [-0.39, 0.29) is 6.10 Å². The molecule has 0 unspecified atom stereocenters. The van der Waals surface area contributed by atoms with E-state index in [9.17, 15) is 5.11 Å². The van der Waals surface area contributed by atoms with Crippen molar-refractivity contribution < 1.29 is 5.11 Å². The van der Waals surface area contributed by atoms with Crippen molar-refractivity contribution in [1.82, 2.24) is 0 Å². The van der Waals surface area contributed by atoms with E-state index in [1.165, 1.54) is 38.5 Å². The van der Waals surface area contributed by atoms with Gasteiger partial charge in [-0.3, -0.25) is 0 Å². The molecule has 0 amide bonds. The van der Waals surface area contributed by atoms with Gasteiger partial charge in [-0.05, 0) is 19.3 Å². The van der Waals surface area contributed by atoms with Crippen LogP contribution in [0.4, 0.5) is 0 Å². The van der Waals surface area contributed by atoms with Crippen LogP contribution in [-0.2, 0) is 0 Å². The monoisotopic (exact) mass is 156 g/mol. The summed E-state index contributed by atoms with van der Waals surface area (Å²) in [5, 5.41) is 9.20. The number of aliphatic hydroxyl groups is 1. The van der Waals surface area contributed by atoms with Gasteiger partial charge in [0.25, 0.3) is 0 Å². The fourth-order valence-corrected chi connectivity index (χ4v) is 2.08. The largest absolute Gasteiger partial charge is 0.393 e. The highest BCUT2D eigenvalue weighted by Gasteiger charge is 2.13. The molecule has 0 spiro atoms. The van der Waals surface area contributed by atoms with E-state index in [0.29, 0.717) is 0 Å². The van der Waals surface area contributed by atoms with E-state index < -0.39 is 0 Å². The summed E-state index contributed by atoms with van der Waals surface area (Å²) in [4.78, 5) is 0. The van der Waals surface area contributed by atoms with E-state index >= 15 is 0 Å². The van der Waals surface area contributed by atoms with Crippen LogP contribution >= 0.6 is 0 Å². The summed E-state index contributed by atoms with van der Waals surface area (Å²) in [7, 11) is 0. The third kappa shape index (κ3) is 3.76. The van der Waals surface area contributed by atoms with E-state index in [2.05, 4.69) is 0 Å². The molecule has 1 aliphatic rings. The SMILES string of the molecule is C[C@H](O)CC1CCCCCC1. The summed E-state index contributed by atoms with van der Waals surface area (Å²) in [6, 6.07) is 0. The minimum atomic E-state index is -0.0851. The third-order valence-electron chi connectivity index (χ3n) is 2.65. The Morgan fingerprint density at radius 1 is 1.18 bits per heavy atom. The first-order chi connectivity index (χ1) is 5.29. The Hall–Kier alpha value is -0.0400. The van der Waals surface area contributed by atoms with Gasteiger partial charge in [0.05, 0.1) is 6.10 Å². The molecule has 1 nitrogen and oxygen atoms in total. The Morgan fingerprint density at radius 3 is 2.18 bits per heavy atom. The number of rotatable bonds is 2. The van der Waals surface area contributed by atoms with Crippen LogP contribution in [0, 0.1) is 5.92 Å². The Bertz CT molecular complexity index is 91.0. The summed E-state index contributed by atoms with van der Waals surface area (Å²) in [5.74, 6) is 0.817. The molecule has 1 N–H and O–H groups in total. The summed E-state index contributed by atoms with van der Waals surface area (Å²) in [6.07, 6.45) is 9.25. The van der Waals surface area contributed by atoms with Crippen LogP contribution in [0.2, 0.25) is 0 Å². The highest BCUT2D eigenvalue weighted by molar-refractivity contribution is 4.66. The van der Waals surface area contributed by atoms with E-state index in [0.717, 1.165) is 12.3 Å². The van der Waals surface area contributed by atoms with Crippen molar-refractivity contribution in [3.63, 3.8) is 0 Å². The van der Waals surface area contributed by atoms with Crippen LogP contribution in [0.3, 0.4) is 0 Å². The van der Waals surface area contributed by atoms with Crippen molar-refractivity contribution in [3.05, 3.63) is 0 Å². The third-order valence-corrected chi connectivity index (χ3v) is 2.65. The topological polar surface area (TPSA) is 20.2 Å². The lowest BCUT2D eigenvalue weighted by Gasteiger charge is -2.14. The minimum Gasteiger partial charge on any atom is -0.393 e. The van der Waals surface area contributed by atoms with E-state index in [4.69, 9.17) is 0 Å². The first-order valence-corrected chi connectivity index (χ1v) is 4.97. The normalized spacial score (nSPS) is 24.5. The van der Waals surface area contributed by atoms with Crippen molar-refractivity contribution in [3.8, 4) is 0 Å². The molecule has 11 heavy (non-hydrogen) atoms. The van der Waals surface area contributed by atoms with Gasteiger partial charge in [-0.25, -0.2) is 0 Å². The highest BCUT2D eigenvalue weighted by atomic mass is 16.3. The van der Waals surface area contributed by atoms with Crippen molar-refractivity contribution in [1.29, 1.82) is 0 Å². The van der Waals surface area contributed by atoms with Crippen molar-refractivity contribution >= 4 is 0 Å². The molecule has 0 saturated heterocycles. The van der Waals surface area contributed by atoms with Gasteiger partial charge in [0.15, 0.2) is 0 Å². The second-order valence-corrected chi connectivity index (χ2v) is 3.94. The molecule has 1 saturated carbocycles. The highest BCUT2D eigenvalue weighted by Crippen LogP contribution is 2.26. The summed E-state index contributed by atoms with van der Waals surface area (Å²) >= 11 is 0. The van der Waals surface area contributed by atoms with Gasteiger partial charge < -0.3 is 5.11 Å². The summed E-state index contributed by atoms with van der Waals surface area (Å²) in [5.41, 5.74) is 0. The fourth-order valence-electron chi connectivity index (χ4n) is 2.08. The van der Waals surface area contributed by atoms with Crippen LogP contribution < -0.4 is 0 Å². The predicted molar refractivity (Wildman–Crippen MR) is 47.5 cm³/mol. The maximum Gasteiger partial charge on any atom is 0.0514 e. The lowest BCUT2D eigenvalue weighted by Crippen LogP contribution is -2.09. The molecule has 66 valence electrons. The molecular weight excluding hydrogens is 136 g/mol. The molecule has 0 radical (unpaired) electrons. The first-order valence-electron chi connectivity index (χ1n) is 4.97. The number of hydrogen-bond donors (Lipinski definition) is 1. The van der Waals surface area contributed by atoms with Crippen LogP contribution in [0.5, 0.6) is 0 Å². The number of hydrogen-bond acceptors (Lipinski definition) is 1. The zero-order valence-corrected chi connectivity index (χ0v) is 7.55. The Kier molecular flexibility index (Phi) is 3.92. The van der Waals surface area contributed by atoms with Crippen LogP contribution in [-0.4, -0.2) is 11.2 Å². The summed E-state index contributed by atoms with van der Waals surface area (Å²) in [6.45, 7) is 1.91. The molecule has 1 heteroatoms. The predicted octanol–water partition coefficient (Wildman–Crippen LogP) is 2.73. The van der Waals surface area contributed by atoms with E-state index in [1.54, 1.807) is 0 Å². The van der Waals surface area contributed by atoms with Gasteiger partial charge in [0.2, 0.25) is 0 Å². The Labute approximate surface area is 69.8 Å². The molecular formula is C10H20O. The average molecular weight is 156 g/mol. The van der Waals surface area contributed by atoms with Crippen molar-refractivity contribution in [2.75, 3.05) is 0 Å². The smallest absolute Gasteiger partial charge is 0.0514 e. The van der Waals surface area contributed by atoms with Crippen molar-refractivity contribution in [2.24, 2.45) is 5.92 Å². The molecule has 0 heterocycles. The second kappa shape index (κ2) is 4.76. The fraction of sp³-hybridized carbons (Fsp3) is 1.00. The average Bonchev–Trinajstić information content (AvgIpc) is 2.14.